The van der Waals surface area contributed by atoms with Crippen LogP contribution in [0.2, 0.25) is 0 Å². The van der Waals surface area contributed by atoms with Crippen LogP contribution in [-0.2, 0) is 6.54 Å². The van der Waals surface area contributed by atoms with Crippen LogP contribution in [0.1, 0.15) is 12.1 Å². The van der Waals surface area contributed by atoms with Crippen molar-refractivity contribution >= 4 is 17.0 Å². The Bertz CT molecular complexity index is 867. The van der Waals surface area contributed by atoms with Gasteiger partial charge < -0.3 is 9.64 Å². The lowest BCUT2D eigenvalue weighted by atomic mass is 10.2. The number of benzene rings is 1. The number of pyridine rings is 1. The Balaban J connectivity index is 1.40. The highest BCUT2D eigenvalue weighted by Gasteiger charge is 2.18. The third-order valence-corrected chi connectivity index (χ3v) is 5.80. The molecule has 0 N–H and O–H groups in total. The Morgan fingerprint density at radius 3 is 2.85 bits per heavy atom. The molecule has 5 nitrogen and oxygen atoms in total. The first-order valence-corrected chi connectivity index (χ1v) is 10.2. The van der Waals surface area contributed by atoms with Crippen LogP contribution in [0.3, 0.4) is 0 Å². The van der Waals surface area contributed by atoms with Gasteiger partial charge in [-0.1, -0.05) is 12.1 Å². The fourth-order valence-electron chi connectivity index (χ4n) is 3.49. The van der Waals surface area contributed by atoms with Crippen molar-refractivity contribution in [1.82, 2.24) is 14.9 Å². The lowest BCUT2D eigenvalue weighted by molar-refractivity contribution is 0.282. The highest BCUT2D eigenvalue weighted by molar-refractivity contribution is 7.13. The molecule has 4 rings (SSSR count). The van der Waals surface area contributed by atoms with Crippen LogP contribution in [0.15, 0.2) is 54.2 Å². The molecule has 0 amide bonds. The van der Waals surface area contributed by atoms with E-state index < -0.39 is 0 Å². The molecule has 2 aromatic heterocycles. The molecule has 3 heterocycles. The molecule has 1 fully saturated rings. The van der Waals surface area contributed by atoms with Gasteiger partial charge in [0.25, 0.3) is 0 Å². The molecule has 0 bridgehead atoms. The molecule has 1 aromatic carbocycles. The lowest BCUT2D eigenvalue weighted by Gasteiger charge is -2.25. The van der Waals surface area contributed by atoms with E-state index in [1.165, 1.54) is 5.69 Å². The molecule has 0 unspecified atom stereocenters. The van der Waals surface area contributed by atoms with Crippen molar-refractivity contribution in [2.24, 2.45) is 0 Å². The van der Waals surface area contributed by atoms with Crippen LogP contribution in [0, 0.1) is 0 Å². The minimum atomic E-state index is 0.899. The Labute approximate surface area is 164 Å². The van der Waals surface area contributed by atoms with Gasteiger partial charge in [-0.25, -0.2) is 4.98 Å². The van der Waals surface area contributed by atoms with Gasteiger partial charge in [0, 0.05) is 56.1 Å². The quantitative estimate of drug-likeness (QED) is 0.671. The number of aromatic nitrogens is 2. The van der Waals surface area contributed by atoms with E-state index >= 15 is 0 Å². The molecule has 6 heteroatoms. The molecule has 0 saturated carbocycles. The highest BCUT2D eigenvalue weighted by Crippen LogP contribution is 2.29. The number of hydrogen-bond acceptors (Lipinski definition) is 6. The fraction of sp³-hybridized carbons (Fsp3) is 0.333. The second-order valence-corrected chi connectivity index (χ2v) is 7.53. The first-order valence-electron chi connectivity index (χ1n) is 9.28. The maximum atomic E-state index is 5.54. The second kappa shape index (κ2) is 8.50. The lowest BCUT2D eigenvalue weighted by Crippen LogP contribution is -2.30. The van der Waals surface area contributed by atoms with Gasteiger partial charge >= 0.3 is 0 Å². The first kappa shape index (κ1) is 17.9. The number of rotatable bonds is 5. The predicted octanol–water partition coefficient (Wildman–Crippen LogP) is 3.93. The number of nitrogens with zero attached hydrogens (tertiary/aromatic N) is 4. The molecule has 0 radical (unpaired) electrons. The summed E-state index contributed by atoms with van der Waals surface area (Å²) in [5, 5.41) is 3.22. The summed E-state index contributed by atoms with van der Waals surface area (Å²) in [5.74, 6) is 0.951. The number of methoxy groups -OCH3 is 1. The van der Waals surface area contributed by atoms with Gasteiger partial charge in [0.1, 0.15) is 10.8 Å². The Morgan fingerprint density at radius 2 is 2.00 bits per heavy atom. The topological polar surface area (TPSA) is 41.5 Å². The monoisotopic (exact) mass is 380 g/mol. The summed E-state index contributed by atoms with van der Waals surface area (Å²) in [5.41, 5.74) is 3.42. The summed E-state index contributed by atoms with van der Waals surface area (Å²) in [6.45, 7) is 5.06. The SMILES string of the molecule is COc1ccccc1N1CCCN(Cc2csc(-c3cccnc3)n2)CC1. The molecule has 0 spiro atoms. The zero-order valence-electron chi connectivity index (χ0n) is 15.5. The minimum absolute atomic E-state index is 0.899. The molecule has 27 heavy (non-hydrogen) atoms. The number of hydrogen-bond donors (Lipinski definition) is 0. The van der Waals surface area contributed by atoms with E-state index in [2.05, 4.69) is 38.4 Å². The summed E-state index contributed by atoms with van der Waals surface area (Å²) in [6.07, 6.45) is 4.81. The van der Waals surface area contributed by atoms with Crippen molar-refractivity contribution in [2.75, 3.05) is 38.2 Å². The Hall–Kier alpha value is -2.44. The predicted molar refractivity (Wildman–Crippen MR) is 110 cm³/mol. The minimum Gasteiger partial charge on any atom is -0.495 e. The van der Waals surface area contributed by atoms with Crippen molar-refractivity contribution in [3.63, 3.8) is 0 Å². The van der Waals surface area contributed by atoms with Gasteiger partial charge in [-0.3, -0.25) is 9.88 Å². The van der Waals surface area contributed by atoms with Crippen LogP contribution >= 0.6 is 11.3 Å². The van der Waals surface area contributed by atoms with E-state index in [-0.39, 0.29) is 0 Å². The summed E-state index contributed by atoms with van der Waals surface area (Å²) in [7, 11) is 1.74. The third-order valence-electron chi connectivity index (χ3n) is 4.86. The summed E-state index contributed by atoms with van der Waals surface area (Å²) >= 11 is 1.69. The molecule has 1 saturated heterocycles. The van der Waals surface area contributed by atoms with Crippen LogP contribution in [0.5, 0.6) is 5.75 Å². The van der Waals surface area contributed by atoms with Gasteiger partial charge in [0.2, 0.25) is 0 Å². The number of thiazole rings is 1. The van der Waals surface area contributed by atoms with Gasteiger partial charge in [0.15, 0.2) is 0 Å². The van der Waals surface area contributed by atoms with E-state index in [1.54, 1.807) is 24.6 Å². The second-order valence-electron chi connectivity index (χ2n) is 6.67. The Morgan fingerprint density at radius 1 is 1.07 bits per heavy atom. The molecule has 1 aliphatic rings. The largest absolute Gasteiger partial charge is 0.495 e. The average Bonchev–Trinajstić information content (AvgIpc) is 3.07. The van der Waals surface area contributed by atoms with Crippen molar-refractivity contribution in [2.45, 2.75) is 13.0 Å². The maximum absolute atomic E-state index is 5.54. The van der Waals surface area contributed by atoms with Crippen molar-refractivity contribution in [3.05, 3.63) is 59.9 Å². The van der Waals surface area contributed by atoms with E-state index in [0.717, 1.165) is 61.2 Å². The zero-order valence-corrected chi connectivity index (χ0v) is 16.4. The molecular weight excluding hydrogens is 356 g/mol. The van der Waals surface area contributed by atoms with Crippen LogP contribution in [0.4, 0.5) is 5.69 Å². The van der Waals surface area contributed by atoms with Crippen LogP contribution in [0.25, 0.3) is 10.6 Å². The van der Waals surface area contributed by atoms with Gasteiger partial charge in [-0.05, 0) is 30.7 Å². The van der Waals surface area contributed by atoms with Crippen molar-refractivity contribution < 1.29 is 4.74 Å². The van der Waals surface area contributed by atoms with E-state index in [0.29, 0.717) is 0 Å². The Kier molecular flexibility index (Phi) is 5.65. The van der Waals surface area contributed by atoms with Gasteiger partial charge in [-0.2, -0.15) is 0 Å². The normalized spacial score (nSPS) is 15.5. The summed E-state index contributed by atoms with van der Waals surface area (Å²) in [4.78, 5) is 13.9. The third kappa shape index (κ3) is 4.28. The highest BCUT2D eigenvalue weighted by atomic mass is 32.1. The zero-order chi connectivity index (χ0) is 18.5. The first-order chi connectivity index (χ1) is 13.3. The number of anilines is 1. The van der Waals surface area contributed by atoms with Crippen LogP contribution in [-0.4, -0.2) is 48.2 Å². The standard InChI is InChI=1S/C21H24N4OS/c1-26-20-8-3-2-7-19(20)25-11-5-10-24(12-13-25)15-18-16-27-21(23-18)17-6-4-9-22-14-17/h2-4,6-9,14,16H,5,10-13,15H2,1H3. The van der Waals surface area contributed by atoms with Crippen molar-refractivity contribution in [3.8, 4) is 16.3 Å². The number of ether oxygens (including phenoxy) is 1. The van der Waals surface area contributed by atoms with Gasteiger partial charge in [-0.15, -0.1) is 11.3 Å². The van der Waals surface area contributed by atoms with Crippen molar-refractivity contribution in [1.29, 1.82) is 0 Å². The van der Waals surface area contributed by atoms with E-state index in [4.69, 9.17) is 9.72 Å². The molecule has 140 valence electrons. The smallest absolute Gasteiger partial charge is 0.142 e. The van der Waals surface area contributed by atoms with Crippen LogP contribution < -0.4 is 9.64 Å². The molecule has 3 aromatic rings. The summed E-state index contributed by atoms with van der Waals surface area (Å²) in [6, 6.07) is 12.3. The summed E-state index contributed by atoms with van der Waals surface area (Å²) < 4.78 is 5.54. The fourth-order valence-corrected chi connectivity index (χ4v) is 4.29. The van der Waals surface area contributed by atoms with E-state index in [1.807, 2.05) is 24.4 Å². The average molecular weight is 381 g/mol. The molecular formula is C21H24N4OS. The maximum Gasteiger partial charge on any atom is 0.142 e. The molecule has 0 aliphatic carbocycles. The van der Waals surface area contributed by atoms with E-state index in [9.17, 15) is 0 Å². The number of para-hydroxylation sites is 2. The van der Waals surface area contributed by atoms with Gasteiger partial charge in [0.05, 0.1) is 18.5 Å². The molecule has 0 atom stereocenters. The molecule has 1 aliphatic heterocycles.